The smallest absolute Gasteiger partial charge is 0.270 e. The van der Waals surface area contributed by atoms with Crippen molar-refractivity contribution in [3.63, 3.8) is 0 Å². The van der Waals surface area contributed by atoms with Crippen LogP contribution < -0.4 is 10.6 Å². The van der Waals surface area contributed by atoms with Crippen molar-refractivity contribution >= 4 is 34.2 Å². The second-order valence-corrected chi connectivity index (χ2v) is 10.00. The van der Waals surface area contributed by atoms with E-state index in [0.717, 1.165) is 42.1 Å². The first kappa shape index (κ1) is 24.6. The number of amides is 1. The number of nitro groups is 1. The maximum Gasteiger partial charge on any atom is 0.270 e. The molecule has 3 heterocycles. The van der Waals surface area contributed by atoms with E-state index in [2.05, 4.69) is 32.7 Å². The third kappa shape index (κ3) is 5.04. The molecule has 4 aromatic rings. The molecule has 2 aliphatic rings. The lowest BCUT2D eigenvalue weighted by Crippen LogP contribution is -2.18. The number of hydrogen-bond acceptors (Lipinski definition) is 6. The van der Waals surface area contributed by atoms with Gasteiger partial charge in [-0.3, -0.25) is 19.8 Å². The summed E-state index contributed by atoms with van der Waals surface area (Å²) in [7, 11) is 1.93. The maximum atomic E-state index is 13.3. The Hall–Kier alpha value is -4.76. The van der Waals surface area contributed by atoms with Crippen molar-refractivity contribution in [2.24, 2.45) is 7.05 Å². The van der Waals surface area contributed by atoms with Gasteiger partial charge in [0.15, 0.2) is 0 Å². The molecule has 1 saturated heterocycles. The lowest BCUT2D eigenvalue weighted by atomic mass is 9.98. The monoisotopic (exact) mass is 520 g/mol. The van der Waals surface area contributed by atoms with E-state index in [0.29, 0.717) is 22.5 Å². The quantitative estimate of drug-likeness (QED) is 0.189. The Morgan fingerprint density at radius 2 is 1.79 bits per heavy atom. The molecule has 6 rings (SSSR count). The molecule has 3 aromatic carbocycles. The number of hydrogen-bond donors (Lipinski definition) is 2. The molecule has 1 amide bonds. The van der Waals surface area contributed by atoms with Gasteiger partial charge in [0.2, 0.25) is 0 Å². The molecule has 0 aliphatic carbocycles. The summed E-state index contributed by atoms with van der Waals surface area (Å²) >= 11 is 0. The second-order valence-electron chi connectivity index (χ2n) is 10.00. The zero-order valence-corrected chi connectivity index (χ0v) is 21.6. The molecule has 0 spiro atoms. The zero-order chi connectivity index (χ0) is 26.9. The van der Waals surface area contributed by atoms with Gasteiger partial charge in [0.1, 0.15) is 0 Å². The Labute approximate surface area is 225 Å². The number of non-ortho nitro benzene ring substituents is 1. The van der Waals surface area contributed by atoms with Crippen LogP contribution in [0.1, 0.15) is 29.5 Å². The van der Waals surface area contributed by atoms with Crippen LogP contribution in [0.3, 0.4) is 0 Å². The molecule has 39 heavy (non-hydrogen) atoms. The van der Waals surface area contributed by atoms with Crippen molar-refractivity contribution in [3.05, 3.63) is 106 Å². The summed E-state index contributed by atoms with van der Waals surface area (Å²) in [5, 5.41) is 17.8. The number of aryl methyl sites for hydroxylation is 1. The number of benzene rings is 3. The molecule has 0 bridgehead atoms. The van der Waals surface area contributed by atoms with Gasteiger partial charge in [-0.15, -0.1) is 0 Å². The largest absolute Gasteiger partial charge is 0.354 e. The number of imidazole rings is 1. The average Bonchev–Trinajstić information content (AvgIpc) is 3.68. The summed E-state index contributed by atoms with van der Waals surface area (Å²) in [6.07, 6.45) is 6.18. The Kier molecular flexibility index (Phi) is 6.42. The number of likely N-dealkylation sites (tertiary alicyclic amines) is 1. The number of rotatable bonds is 7. The van der Waals surface area contributed by atoms with Crippen LogP contribution in [0.25, 0.3) is 22.5 Å². The zero-order valence-electron chi connectivity index (χ0n) is 21.6. The van der Waals surface area contributed by atoms with E-state index in [9.17, 15) is 14.9 Å². The molecule has 0 radical (unpaired) electrons. The number of nitrogens with one attached hydrogen (secondary N) is 2. The van der Waals surface area contributed by atoms with E-state index in [-0.39, 0.29) is 11.6 Å². The molecule has 0 unspecified atom stereocenters. The minimum absolute atomic E-state index is 0.0669. The van der Waals surface area contributed by atoms with Gasteiger partial charge in [0.05, 0.1) is 28.2 Å². The highest BCUT2D eigenvalue weighted by Gasteiger charge is 2.30. The number of carbonyl (C=O) groups is 1. The predicted octanol–water partition coefficient (Wildman–Crippen LogP) is 5.52. The van der Waals surface area contributed by atoms with Crippen LogP contribution in [0.5, 0.6) is 0 Å². The number of carbonyl (C=O) groups excluding carboxylic acids is 1. The molecule has 0 atom stereocenters. The fraction of sp³-hybridized carbons (Fsp3) is 0.200. The molecular weight excluding hydrogens is 492 g/mol. The minimum Gasteiger partial charge on any atom is -0.354 e. The highest BCUT2D eigenvalue weighted by Crippen LogP contribution is 2.39. The first-order valence-corrected chi connectivity index (χ1v) is 13.0. The molecular formula is C30H28N6O3. The number of fused-ring (bicyclic) bond motifs is 1. The van der Waals surface area contributed by atoms with Crippen molar-refractivity contribution < 1.29 is 9.72 Å². The lowest BCUT2D eigenvalue weighted by molar-refractivity contribution is -0.384. The van der Waals surface area contributed by atoms with E-state index in [1.54, 1.807) is 12.4 Å². The van der Waals surface area contributed by atoms with Crippen LogP contribution in [0, 0.1) is 10.1 Å². The van der Waals surface area contributed by atoms with Crippen LogP contribution in [0.15, 0.2) is 79.3 Å². The van der Waals surface area contributed by atoms with Crippen LogP contribution in [0.4, 0.5) is 17.1 Å². The summed E-state index contributed by atoms with van der Waals surface area (Å²) in [6.45, 7) is 3.12. The number of anilines is 2. The lowest BCUT2D eigenvalue weighted by Gasteiger charge is -2.17. The number of aromatic nitrogens is 2. The van der Waals surface area contributed by atoms with Gasteiger partial charge in [0, 0.05) is 54.4 Å². The van der Waals surface area contributed by atoms with E-state index in [1.165, 1.54) is 30.5 Å². The van der Waals surface area contributed by atoms with Gasteiger partial charge in [-0.2, -0.15) is 0 Å². The van der Waals surface area contributed by atoms with E-state index in [4.69, 9.17) is 0 Å². The van der Waals surface area contributed by atoms with Gasteiger partial charge in [-0.05, 0) is 55.3 Å². The molecule has 9 heteroatoms. The van der Waals surface area contributed by atoms with Gasteiger partial charge in [0.25, 0.3) is 11.6 Å². The topological polar surface area (TPSA) is 105 Å². The van der Waals surface area contributed by atoms with Crippen LogP contribution in [0.2, 0.25) is 0 Å². The van der Waals surface area contributed by atoms with Crippen molar-refractivity contribution in [2.45, 2.75) is 19.4 Å². The highest BCUT2D eigenvalue weighted by atomic mass is 16.6. The van der Waals surface area contributed by atoms with Crippen molar-refractivity contribution in [1.82, 2.24) is 14.5 Å². The highest BCUT2D eigenvalue weighted by molar-refractivity contribution is 6.37. The predicted molar refractivity (Wildman–Crippen MR) is 152 cm³/mol. The Morgan fingerprint density at radius 1 is 1.05 bits per heavy atom. The first-order chi connectivity index (χ1) is 18.9. The van der Waals surface area contributed by atoms with Gasteiger partial charge in [-0.1, -0.05) is 36.4 Å². The minimum atomic E-state index is -0.447. The summed E-state index contributed by atoms with van der Waals surface area (Å²) in [6, 6.07) is 20.4. The van der Waals surface area contributed by atoms with Crippen molar-refractivity contribution in [3.8, 4) is 11.3 Å². The fourth-order valence-corrected chi connectivity index (χ4v) is 5.20. The Bertz CT molecular complexity index is 1580. The SMILES string of the molecule is Cn1cnc(-c2ccc(N/C(=C3\C(=O)Nc4ccc([N+](=O)[O-])cc43)c3ccc(CN4CCCC4)cc3)cc2)c1. The molecule has 9 nitrogen and oxygen atoms in total. The Morgan fingerprint density at radius 3 is 2.46 bits per heavy atom. The first-order valence-electron chi connectivity index (χ1n) is 13.0. The van der Waals surface area contributed by atoms with E-state index < -0.39 is 4.92 Å². The van der Waals surface area contributed by atoms with Crippen LogP contribution >= 0.6 is 0 Å². The summed E-state index contributed by atoms with van der Waals surface area (Å²) < 4.78 is 1.90. The average molecular weight is 521 g/mol. The van der Waals surface area contributed by atoms with E-state index >= 15 is 0 Å². The molecule has 0 saturated carbocycles. The molecule has 1 fully saturated rings. The Balaban J connectivity index is 1.39. The molecule has 2 N–H and O–H groups in total. The van der Waals surface area contributed by atoms with Crippen LogP contribution in [-0.4, -0.2) is 38.4 Å². The van der Waals surface area contributed by atoms with Crippen molar-refractivity contribution in [1.29, 1.82) is 0 Å². The summed E-state index contributed by atoms with van der Waals surface area (Å²) in [5.74, 6) is -0.306. The third-order valence-electron chi connectivity index (χ3n) is 7.21. The summed E-state index contributed by atoms with van der Waals surface area (Å²) in [4.78, 5) is 31.2. The van der Waals surface area contributed by atoms with E-state index in [1.807, 2.05) is 54.2 Å². The third-order valence-corrected chi connectivity index (χ3v) is 7.21. The molecule has 196 valence electrons. The van der Waals surface area contributed by atoms with Gasteiger partial charge < -0.3 is 15.2 Å². The summed E-state index contributed by atoms with van der Waals surface area (Å²) in [5.41, 5.74) is 6.59. The second kappa shape index (κ2) is 10.2. The van der Waals surface area contributed by atoms with Gasteiger partial charge >= 0.3 is 0 Å². The fourth-order valence-electron chi connectivity index (χ4n) is 5.20. The maximum absolute atomic E-state index is 13.3. The van der Waals surface area contributed by atoms with Crippen molar-refractivity contribution in [2.75, 3.05) is 23.7 Å². The molecule has 2 aliphatic heterocycles. The standard InChI is InChI=1S/C30H28N6O3/c1-34-18-27(31-19-34)21-8-10-23(11-9-21)32-29(22-6-4-20(5-7-22)17-35-14-2-3-15-35)28-25-16-24(36(38)39)12-13-26(25)33-30(28)37/h4-13,16,18-19,32H,2-3,14-15,17H2,1H3,(H,33,37)/b29-28-. The number of nitrogens with zero attached hydrogens (tertiary/aromatic N) is 4. The van der Waals surface area contributed by atoms with Gasteiger partial charge in [-0.25, -0.2) is 4.98 Å². The normalized spacial score (nSPS) is 16.2. The van der Waals surface area contributed by atoms with Crippen LogP contribution in [-0.2, 0) is 18.4 Å². The number of nitro benzene ring substituents is 1. The molecule has 1 aromatic heterocycles.